The van der Waals surface area contributed by atoms with Crippen molar-refractivity contribution in [3.8, 4) is 0 Å². The fraction of sp³-hybridized carbons (Fsp3) is 0.917. The summed E-state index contributed by atoms with van der Waals surface area (Å²) in [6, 6.07) is 0. The van der Waals surface area contributed by atoms with Crippen LogP contribution in [0.4, 0.5) is 0 Å². The second-order valence-corrected chi connectivity index (χ2v) is 4.76. The van der Waals surface area contributed by atoms with E-state index in [-0.39, 0.29) is 29.1 Å². The molecule has 4 nitrogen and oxygen atoms in total. The van der Waals surface area contributed by atoms with Gasteiger partial charge in [-0.3, -0.25) is 0 Å². The first-order valence-electron chi connectivity index (χ1n) is 5.48. The van der Waals surface area contributed by atoms with Crippen molar-refractivity contribution in [3.05, 3.63) is 23.5 Å². The molecule has 18 heavy (non-hydrogen) atoms. The Morgan fingerprint density at radius 1 is 1.06 bits per heavy atom. The minimum absolute atomic E-state index is 0. The normalized spacial score (nSPS) is 20.3. The zero-order chi connectivity index (χ0) is 12.8. The largest absolute Gasteiger partial charge is 4.00 e. The van der Waals surface area contributed by atoms with Gasteiger partial charge in [0.05, 0.1) is 0 Å². The van der Waals surface area contributed by atoms with Gasteiger partial charge < -0.3 is 28.4 Å². The molecule has 6 heteroatoms. The minimum atomic E-state index is 0. The number of nitrogens with zero attached hydrogens (tertiary/aromatic N) is 3. The van der Waals surface area contributed by atoms with Crippen LogP contribution in [-0.2, 0) is 26.6 Å². The van der Waals surface area contributed by atoms with Crippen molar-refractivity contribution in [1.82, 2.24) is 0 Å². The molecular formula is C12H28BrN3OTi. The number of alkyl halides is 1. The van der Waals surface area contributed by atoms with Crippen LogP contribution in [0.15, 0.2) is 0 Å². The average molecular weight is 358 g/mol. The quantitative estimate of drug-likeness (QED) is 0.323. The van der Waals surface area contributed by atoms with Crippen LogP contribution in [0.2, 0.25) is 0 Å². The van der Waals surface area contributed by atoms with E-state index in [1.807, 2.05) is 0 Å². The first kappa shape index (κ1) is 27.4. The monoisotopic (exact) mass is 357 g/mol. The molecule has 0 aromatic carbocycles. The summed E-state index contributed by atoms with van der Waals surface area (Å²) in [4.78, 5) is 5.64. The van der Waals surface area contributed by atoms with E-state index in [4.69, 9.17) is 4.84 Å². The van der Waals surface area contributed by atoms with Gasteiger partial charge in [-0.15, -0.1) is 7.05 Å². The maximum absolute atomic E-state index is 4.98. The molecule has 0 heterocycles. The third kappa shape index (κ3) is 19.4. The Kier molecular flexibility index (Phi) is 35.2. The van der Waals surface area contributed by atoms with E-state index in [0.29, 0.717) is 10.7 Å². The number of hydrogen-bond acceptors (Lipinski definition) is 1. The van der Waals surface area contributed by atoms with E-state index in [9.17, 15) is 0 Å². The zero-order valence-corrected chi connectivity index (χ0v) is 15.8. The molecule has 1 aliphatic rings. The topological polar surface area (TPSA) is 51.5 Å². The Morgan fingerprint density at radius 3 is 1.78 bits per heavy atom. The van der Waals surface area contributed by atoms with Gasteiger partial charge in [0.1, 0.15) is 0 Å². The van der Waals surface area contributed by atoms with E-state index in [2.05, 4.69) is 32.0 Å². The van der Waals surface area contributed by atoms with Crippen LogP contribution in [0.5, 0.6) is 0 Å². The maximum atomic E-state index is 4.98. The molecule has 0 aromatic heterocycles. The minimum Gasteiger partial charge on any atom is -0.668 e. The predicted molar refractivity (Wildman–Crippen MR) is 82.1 cm³/mol. The van der Waals surface area contributed by atoms with Gasteiger partial charge in [-0.2, -0.15) is 28.2 Å². The fourth-order valence-corrected chi connectivity index (χ4v) is 2.09. The molecule has 0 spiro atoms. The van der Waals surface area contributed by atoms with Crippen LogP contribution in [0, 0.1) is 13.3 Å². The van der Waals surface area contributed by atoms with Crippen molar-refractivity contribution in [3.63, 3.8) is 0 Å². The summed E-state index contributed by atoms with van der Waals surface area (Å²) in [6.07, 6.45) is 3.90. The van der Waals surface area contributed by atoms with Gasteiger partial charge in [0, 0.05) is 11.4 Å². The van der Waals surface area contributed by atoms with Gasteiger partial charge in [-0.1, -0.05) is 22.4 Å². The molecule has 1 aliphatic carbocycles. The SMILES string of the molecule is C[N-]C.C[N-]C.C[N-]OC[C@@H]1CCCC1Br.[CH3-].[Ti+4]. The molecule has 0 amide bonds. The molecule has 108 valence electrons. The maximum Gasteiger partial charge on any atom is 4.00 e. The summed E-state index contributed by atoms with van der Waals surface area (Å²) in [7, 11) is 8.68. The standard InChI is InChI=1S/C7H13BrNO.2C2H6N.CH3.Ti/c1-9-10-5-6-3-2-4-7(6)8;2*1-3-2;;/h6-7H,2-5H2,1H3;2*1-2H3;1H3;/q4*-1;+4/t6-,7?;;;;/m0..../s1. The summed E-state index contributed by atoms with van der Waals surface area (Å²) >= 11 is 3.61. The van der Waals surface area contributed by atoms with E-state index in [1.54, 1.807) is 35.2 Å². The molecule has 0 aliphatic heterocycles. The molecule has 0 saturated heterocycles. The molecule has 0 bridgehead atoms. The van der Waals surface area contributed by atoms with Gasteiger partial charge in [0.2, 0.25) is 0 Å². The fourth-order valence-electron chi connectivity index (χ4n) is 1.35. The van der Waals surface area contributed by atoms with Gasteiger partial charge in [0.15, 0.2) is 0 Å². The first-order chi connectivity index (χ1) is 7.67. The number of rotatable bonds is 3. The molecule has 0 aromatic rings. The van der Waals surface area contributed by atoms with Crippen molar-refractivity contribution >= 4 is 15.9 Å². The van der Waals surface area contributed by atoms with E-state index in [1.165, 1.54) is 19.3 Å². The number of halogens is 1. The van der Waals surface area contributed by atoms with Crippen LogP contribution < -0.4 is 0 Å². The Balaban J connectivity index is -0.000000106. The number of hydroxylamine groups is 1. The van der Waals surface area contributed by atoms with Gasteiger partial charge >= 0.3 is 21.7 Å². The van der Waals surface area contributed by atoms with Crippen molar-refractivity contribution in [2.75, 3.05) is 41.8 Å². The summed E-state index contributed by atoms with van der Waals surface area (Å²) in [5.41, 5.74) is 3.61. The van der Waals surface area contributed by atoms with Crippen LogP contribution >= 0.6 is 15.9 Å². The third-order valence-corrected chi connectivity index (χ3v) is 3.19. The van der Waals surface area contributed by atoms with Crippen LogP contribution in [-0.4, -0.2) is 46.7 Å². The Labute approximate surface area is 137 Å². The van der Waals surface area contributed by atoms with E-state index in [0.717, 1.165) is 6.61 Å². The average Bonchev–Trinajstić information content (AvgIpc) is 2.63. The van der Waals surface area contributed by atoms with Gasteiger partial charge in [-0.25, -0.2) is 0 Å². The smallest absolute Gasteiger partial charge is 0.668 e. The molecule has 0 radical (unpaired) electrons. The van der Waals surface area contributed by atoms with E-state index >= 15 is 0 Å². The van der Waals surface area contributed by atoms with Gasteiger partial charge in [0.25, 0.3) is 0 Å². The Bertz CT molecular complexity index is 132. The molecular weight excluding hydrogens is 330 g/mol. The van der Waals surface area contributed by atoms with Crippen LogP contribution in [0.25, 0.3) is 16.1 Å². The third-order valence-electron chi connectivity index (χ3n) is 1.98. The molecule has 0 N–H and O–H groups in total. The summed E-state index contributed by atoms with van der Waals surface area (Å²) < 4.78 is 0. The second kappa shape index (κ2) is 23.2. The molecule has 1 unspecified atom stereocenters. The van der Waals surface area contributed by atoms with Crippen molar-refractivity contribution in [2.24, 2.45) is 5.92 Å². The van der Waals surface area contributed by atoms with E-state index < -0.39 is 0 Å². The number of hydrogen-bond donors (Lipinski definition) is 0. The van der Waals surface area contributed by atoms with Crippen molar-refractivity contribution < 1.29 is 26.6 Å². The summed E-state index contributed by atoms with van der Waals surface area (Å²) in [5, 5.41) is 7.00. The van der Waals surface area contributed by atoms with Crippen molar-refractivity contribution in [2.45, 2.75) is 24.1 Å². The zero-order valence-electron chi connectivity index (χ0n) is 12.6. The predicted octanol–water partition coefficient (Wildman–Crippen LogP) is 4.17. The molecule has 2 atom stereocenters. The molecule has 1 fully saturated rings. The second-order valence-electron chi connectivity index (χ2n) is 3.58. The molecule has 1 saturated carbocycles. The Hall–Kier alpha value is 1.03. The van der Waals surface area contributed by atoms with Crippen LogP contribution in [0.3, 0.4) is 0 Å². The van der Waals surface area contributed by atoms with Gasteiger partial charge in [-0.05, 0) is 18.8 Å². The van der Waals surface area contributed by atoms with Crippen LogP contribution in [0.1, 0.15) is 19.3 Å². The summed E-state index contributed by atoms with van der Waals surface area (Å²) in [5.74, 6) is 0.684. The Morgan fingerprint density at radius 2 is 1.50 bits per heavy atom. The summed E-state index contributed by atoms with van der Waals surface area (Å²) in [6.45, 7) is 0.784. The van der Waals surface area contributed by atoms with Crippen molar-refractivity contribution in [1.29, 1.82) is 0 Å². The molecule has 1 rings (SSSR count). The first-order valence-corrected chi connectivity index (χ1v) is 6.40.